The van der Waals surface area contributed by atoms with E-state index in [-0.39, 0.29) is 0 Å². The summed E-state index contributed by atoms with van der Waals surface area (Å²) in [6.07, 6.45) is 9.38. The maximum atomic E-state index is 6.23. The second kappa shape index (κ2) is 5.62. The number of fused-ring (bicyclic) bond motifs is 5. The quantitative estimate of drug-likeness (QED) is 0.802. The number of hydrogen-bond donors (Lipinski definition) is 2. The second-order valence-corrected chi connectivity index (χ2v) is 7.75. The van der Waals surface area contributed by atoms with Crippen LogP contribution in [0.5, 0.6) is 0 Å². The van der Waals surface area contributed by atoms with Crippen LogP contribution in [-0.4, -0.2) is 16.0 Å². The number of benzene rings is 1. The fourth-order valence-corrected chi connectivity index (χ4v) is 4.47. The summed E-state index contributed by atoms with van der Waals surface area (Å²) in [5, 5.41) is 7.34. The molecule has 2 saturated carbocycles. The molecule has 0 unspecified atom stereocenters. The number of nitrogens with one attached hydrogen (secondary N) is 2. The predicted molar refractivity (Wildman–Crippen MR) is 97.4 cm³/mol. The molecule has 1 heterocycles. The number of anilines is 3. The molecule has 5 rings (SSSR count). The van der Waals surface area contributed by atoms with Crippen LogP contribution in [0.4, 0.5) is 17.5 Å². The number of nitrogens with zero attached hydrogens (tertiary/aromatic N) is 2. The van der Waals surface area contributed by atoms with Crippen molar-refractivity contribution >= 4 is 29.1 Å². The van der Waals surface area contributed by atoms with Gasteiger partial charge in [-0.1, -0.05) is 17.7 Å². The summed E-state index contributed by atoms with van der Waals surface area (Å²) in [5.41, 5.74) is 4.15. The Morgan fingerprint density at radius 2 is 1.88 bits per heavy atom. The fraction of sp³-hybridized carbons (Fsp3) is 0.474. The van der Waals surface area contributed by atoms with Crippen molar-refractivity contribution < 1.29 is 0 Å². The van der Waals surface area contributed by atoms with Gasteiger partial charge in [0.15, 0.2) is 5.82 Å². The molecule has 0 amide bonds. The lowest BCUT2D eigenvalue weighted by atomic mass is 9.91. The van der Waals surface area contributed by atoms with Crippen LogP contribution >= 0.6 is 11.6 Å². The van der Waals surface area contributed by atoms with E-state index < -0.39 is 0 Å². The van der Waals surface area contributed by atoms with E-state index in [9.17, 15) is 0 Å². The van der Waals surface area contributed by atoms with Crippen LogP contribution in [0.2, 0.25) is 5.02 Å². The van der Waals surface area contributed by atoms with Crippen LogP contribution in [0.3, 0.4) is 0 Å². The van der Waals surface area contributed by atoms with Crippen molar-refractivity contribution in [2.24, 2.45) is 0 Å². The Morgan fingerprint density at radius 3 is 2.67 bits per heavy atom. The average molecular weight is 341 g/mol. The normalized spacial score (nSPS) is 24.5. The molecule has 0 radical (unpaired) electrons. The maximum Gasteiger partial charge on any atom is 0.229 e. The Kier molecular flexibility index (Phi) is 3.40. The first kappa shape index (κ1) is 14.5. The summed E-state index contributed by atoms with van der Waals surface area (Å²) in [7, 11) is 0. The van der Waals surface area contributed by atoms with Gasteiger partial charge in [0.1, 0.15) is 5.02 Å². The number of hydrogen-bond acceptors (Lipinski definition) is 4. The van der Waals surface area contributed by atoms with E-state index in [4.69, 9.17) is 11.6 Å². The molecular formula is C19H21ClN4. The molecule has 0 spiro atoms. The molecule has 2 aromatic rings. The number of halogens is 1. The smallest absolute Gasteiger partial charge is 0.229 e. The molecule has 0 saturated heterocycles. The lowest BCUT2D eigenvalue weighted by molar-refractivity contribution is 0.444. The Labute approximate surface area is 147 Å². The summed E-state index contributed by atoms with van der Waals surface area (Å²) in [6.45, 7) is 0. The lowest BCUT2D eigenvalue weighted by Gasteiger charge is -2.27. The first-order valence-corrected chi connectivity index (χ1v) is 9.34. The SMILES string of the molecule is Clc1cnc(Nc2ccc3c(c2)[C@H]2CC[C@H]3C2)nc1NC1CCC1. The minimum atomic E-state index is 0.501. The van der Waals surface area contributed by atoms with Crippen LogP contribution in [0.25, 0.3) is 0 Å². The number of aromatic nitrogens is 2. The monoisotopic (exact) mass is 340 g/mol. The largest absolute Gasteiger partial charge is 0.366 e. The van der Waals surface area contributed by atoms with E-state index in [1.807, 2.05) is 0 Å². The zero-order valence-electron chi connectivity index (χ0n) is 13.6. The molecule has 1 aromatic heterocycles. The summed E-state index contributed by atoms with van der Waals surface area (Å²) < 4.78 is 0. The van der Waals surface area contributed by atoms with Crippen molar-refractivity contribution in [3.63, 3.8) is 0 Å². The van der Waals surface area contributed by atoms with E-state index in [0.717, 1.165) is 23.3 Å². The van der Waals surface area contributed by atoms with Crippen LogP contribution in [0, 0.1) is 0 Å². The molecule has 4 nitrogen and oxygen atoms in total. The van der Waals surface area contributed by atoms with Gasteiger partial charge in [0, 0.05) is 11.7 Å². The van der Waals surface area contributed by atoms with Gasteiger partial charge in [-0.2, -0.15) is 4.98 Å². The molecule has 5 heteroatoms. The minimum absolute atomic E-state index is 0.501. The maximum absolute atomic E-state index is 6.23. The zero-order chi connectivity index (χ0) is 16.1. The fourth-order valence-electron chi connectivity index (χ4n) is 4.33. The Morgan fingerprint density at radius 1 is 1.04 bits per heavy atom. The van der Waals surface area contributed by atoms with Gasteiger partial charge in [0.25, 0.3) is 0 Å². The highest BCUT2D eigenvalue weighted by molar-refractivity contribution is 6.32. The molecule has 0 aliphatic heterocycles. The summed E-state index contributed by atoms with van der Waals surface area (Å²) in [6, 6.07) is 7.22. The van der Waals surface area contributed by atoms with E-state index in [0.29, 0.717) is 17.0 Å². The van der Waals surface area contributed by atoms with Crippen molar-refractivity contribution in [1.29, 1.82) is 0 Å². The summed E-state index contributed by atoms with van der Waals surface area (Å²) in [5.74, 6) is 2.89. The first-order valence-electron chi connectivity index (χ1n) is 8.96. The van der Waals surface area contributed by atoms with Crippen molar-refractivity contribution in [1.82, 2.24) is 9.97 Å². The topological polar surface area (TPSA) is 49.8 Å². The van der Waals surface area contributed by atoms with Crippen LogP contribution in [-0.2, 0) is 0 Å². The third-order valence-corrected chi connectivity index (χ3v) is 6.12. The zero-order valence-corrected chi connectivity index (χ0v) is 14.3. The molecular weight excluding hydrogens is 320 g/mol. The Bertz CT molecular complexity index is 787. The predicted octanol–water partition coefficient (Wildman–Crippen LogP) is 5.20. The standard InChI is InChI=1S/C19H21ClN4/c20-17-10-21-19(24-18(17)22-13-2-1-3-13)23-14-6-7-15-11-4-5-12(8-11)16(15)9-14/h6-7,9-13H,1-5,8H2,(H2,21,22,23,24)/t11-,12-/m0/s1. The molecule has 1 aromatic carbocycles. The molecule has 3 aliphatic carbocycles. The van der Waals surface area contributed by atoms with Crippen LogP contribution < -0.4 is 10.6 Å². The highest BCUT2D eigenvalue weighted by Gasteiger charge is 2.36. The highest BCUT2D eigenvalue weighted by atomic mass is 35.5. The molecule has 124 valence electrons. The Hall–Kier alpha value is -1.81. The molecule has 3 aliphatic rings. The summed E-state index contributed by atoms with van der Waals surface area (Å²) >= 11 is 6.23. The molecule has 2 atom stereocenters. The van der Waals surface area contributed by atoms with E-state index >= 15 is 0 Å². The summed E-state index contributed by atoms with van der Waals surface area (Å²) in [4.78, 5) is 8.90. The van der Waals surface area contributed by atoms with Crippen molar-refractivity contribution in [2.75, 3.05) is 10.6 Å². The van der Waals surface area contributed by atoms with Gasteiger partial charge in [-0.3, -0.25) is 0 Å². The van der Waals surface area contributed by atoms with Gasteiger partial charge in [0.2, 0.25) is 5.95 Å². The van der Waals surface area contributed by atoms with E-state index in [1.54, 1.807) is 11.8 Å². The molecule has 2 N–H and O–H groups in total. The third kappa shape index (κ3) is 2.44. The minimum Gasteiger partial charge on any atom is -0.366 e. The lowest BCUT2D eigenvalue weighted by Crippen LogP contribution is -2.27. The number of rotatable bonds is 4. The van der Waals surface area contributed by atoms with Gasteiger partial charge >= 0.3 is 0 Å². The molecule has 2 bridgehead atoms. The van der Waals surface area contributed by atoms with Crippen LogP contribution in [0.1, 0.15) is 61.5 Å². The van der Waals surface area contributed by atoms with Crippen molar-refractivity contribution in [2.45, 2.75) is 56.4 Å². The molecule has 24 heavy (non-hydrogen) atoms. The first-order chi connectivity index (χ1) is 11.8. The van der Waals surface area contributed by atoms with Gasteiger partial charge < -0.3 is 10.6 Å². The van der Waals surface area contributed by atoms with E-state index in [2.05, 4.69) is 38.8 Å². The highest BCUT2D eigenvalue weighted by Crippen LogP contribution is 2.53. The van der Waals surface area contributed by atoms with Gasteiger partial charge in [-0.15, -0.1) is 0 Å². The Balaban J connectivity index is 1.38. The van der Waals surface area contributed by atoms with Crippen molar-refractivity contribution in [3.8, 4) is 0 Å². The van der Waals surface area contributed by atoms with Gasteiger partial charge in [-0.05, 0) is 73.6 Å². The van der Waals surface area contributed by atoms with Gasteiger partial charge in [-0.25, -0.2) is 4.98 Å². The molecule has 2 fully saturated rings. The average Bonchev–Trinajstić information content (AvgIpc) is 3.15. The van der Waals surface area contributed by atoms with Gasteiger partial charge in [0.05, 0.1) is 6.20 Å². The van der Waals surface area contributed by atoms with Crippen molar-refractivity contribution in [3.05, 3.63) is 40.5 Å². The van der Waals surface area contributed by atoms with E-state index in [1.165, 1.54) is 44.1 Å². The van der Waals surface area contributed by atoms with Crippen LogP contribution in [0.15, 0.2) is 24.4 Å². The third-order valence-electron chi connectivity index (χ3n) is 5.85. The second-order valence-electron chi connectivity index (χ2n) is 7.34.